The van der Waals surface area contributed by atoms with Crippen molar-refractivity contribution in [3.05, 3.63) is 101 Å². The Morgan fingerprint density at radius 3 is 1.84 bits per heavy atom. The molecule has 0 saturated heterocycles. The molecule has 1 aliphatic heterocycles. The van der Waals surface area contributed by atoms with E-state index in [0.717, 1.165) is 33.8 Å². The first-order valence-electron chi connectivity index (χ1n) is 8.56. The summed E-state index contributed by atoms with van der Waals surface area (Å²) in [6.45, 7) is 4.85. The number of aliphatic imine (C=N–C) groups is 2. The molecule has 4 rings (SSSR count). The van der Waals surface area contributed by atoms with Crippen LogP contribution >= 0.6 is 0 Å². The van der Waals surface area contributed by atoms with E-state index in [1.807, 2.05) is 12.1 Å². The Labute approximate surface area is 148 Å². The van der Waals surface area contributed by atoms with Crippen molar-refractivity contribution in [2.45, 2.75) is 20.4 Å². The van der Waals surface area contributed by atoms with Crippen molar-refractivity contribution in [3.8, 4) is 0 Å². The summed E-state index contributed by atoms with van der Waals surface area (Å²) in [7, 11) is 0. The molecule has 0 fully saturated rings. The normalized spacial score (nSPS) is 13.5. The maximum absolute atomic E-state index is 5.01. The molecule has 3 aromatic rings. The maximum atomic E-state index is 5.01. The topological polar surface area (TPSA) is 24.7 Å². The minimum absolute atomic E-state index is 0.651. The quantitative estimate of drug-likeness (QED) is 0.601. The minimum Gasteiger partial charge on any atom is -0.278 e. The molecular weight excluding hydrogens is 304 g/mol. The summed E-state index contributed by atoms with van der Waals surface area (Å²) >= 11 is 0. The summed E-state index contributed by atoms with van der Waals surface area (Å²) in [6.07, 6.45) is 0. The van der Waals surface area contributed by atoms with E-state index in [-0.39, 0.29) is 0 Å². The third-order valence-electron chi connectivity index (χ3n) is 4.51. The van der Waals surface area contributed by atoms with Crippen LogP contribution in [0.3, 0.4) is 0 Å². The zero-order valence-electron chi connectivity index (χ0n) is 14.5. The van der Waals surface area contributed by atoms with Crippen LogP contribution in [-0.2, 0) is 6.54 Å². The molecule has 0 amide bonds. The van der Waals surface area contributed by atoms with Crippen LogP contribution in [0.15, 0.2) is 82.8 Å². The van der Waals surface area contributed by atoms with Crippen LogP contribution < -0.4 is 0 Å². The number of hydrogen-bond donors (Lipinski definition) is 0. The number of para-hydroxylation sites is 1. The summed E-state index contributed by atoms with van der Waals surface area (Å²) in [5.74, 6) is 0. The Morgan fingerprint density at radius 1 is 0.640 bits per heavy atom. The molecule has 25 heavy (non-hydrogen) atoms. The summed E-state index contributed by atoms with van der Waals surface area (Å²) in [5, 5.41) is 0. The van der Waals surface area contributed by atoms with E-state index in [1.54, 1.807) is 0 Å². The second kappa shape index (κ2) is 6.48. The van der Waals surface area contributed by atoms with Crippen LogP contribution in [0.5, 0.6) is 0 Å². The van der Waals surface area contributed by atoms with Gasteiger partial charge in [-0.3, -0.25) is 4.99 Å². The Hall–Kier alpha value is -3.00. The van der Waals surface area contributed by atoms with Gasteiger partial charge >= 0.3 is 0 Å². The fraction of sp³-hybridized carbons (Fsp3) is 0.130. The third kappa shape index (κ3) is 3.16. The van der Waals surface area contributed by atoms with Gasteiger partial charge < -0.3 is 0 Å². The summed E-state index contributed by atoms with van der Waals surface area (Å²) in [6, 6.07) is 25.3. The second-order valence-corrected chi connectivity index (χ2v) is 6.49. The molecule has 122 valence electrons. The predicted octanol–water partition coefficient (Wildman–Crippen LogP) is 5.43. The molecule has 2 nitrogen and oxygen atoms in total. The summed E-state index contributed by atoms with van der Waals surface area (Å²) in [5.41, 5.74) is 8.76. The molecule has 1 heterocycles. The van der Waals surface area contributed by atoms with Gasteiger partial charge in [0.2, 0.25) is 0 Å². The van der Waals surface area contributed by atoms with Gasteiger partial charge in [0.25, 0.3) is 0 Å². The maximum Gasteiger partial charge on any atom is 0.0967 e. The molecule has 0 bridgehead atoms. The van der Waals surface area contributed by atoms with E-state index < -0.39 is 0 Å². The first-order chi connectivity index (χ1) is 12.2. The van der Waals surface area contributed by atoms with Crippen molar-refractivity contribution in [1.29, 1.82) is 0 Å². The zero-order chi connectivity index (χ0) is 17.2. The molecule has 0 radical (unpaired) electrons. The highest BCUT2D eigenvalue weighted by Crippen LogP contribution is 2.26. The van der Waals surface area contributed by atoms with Crippen molar-refractivity contribution in [3.63, 3.8) is 0 Å². The van der Waals surface area contributed by atoms with Crippen LogP contribution in [-0.4, -0.2) is 11.4 Å². The van der Waals surface area contributed by atoms with Gasteiger partial charge in [-0.15, -0.1) is 0 Å². The Morgan fingerprint density at radius 2 is 1.20 bits per heavy atom. The van der Waals surface area contributed by atoms with Gasteiger partial charge in [-0.05, 0) is 25.5 Å². The lowest BCUT2D eigenvalue weighted by molar-refractivity contribution is 1.08. The molecular formula is C23H20N2. The Kier molecular flexibility index (Phi) is 4.02. The highest BCUT2D eigenvalue weighted by Gasteiger charge is 2.18. The smallest absolute Gasteiger partial charge is 0.0967 e. The lowest BCUT2D eigenvalue weighted by atomic mass is 9.98. The first kappa shape index (κ1) is 15.5. The van der Waals surface area contributed by atoms with Crippen molar-refractivity contribution in [2.75, 3.05) is 0 Å². The van der Waals surface area contributed by atoms with Gasteiger partial charge in [0, 0.05) is 11.1 Å². The molecule has 0 aromatic heterocycles. The number of aryl methyl sites for hydroxylation is 2. The molecule has 0 N–H and O–H groups in total. The molecule has 2 heteroatoms. The van der Waals surface area contributed by atoms with Gasteiger partial charge in [0.05, 0.1) is 23.7 Å². The second-order valence-electron chi connectivity index (χ2n) is 6.49. The SMILES string of the molecule is Cc1ccc(C2=NCc3ccccc3N=C2c2ccc(C)cc2)cc1. The molecule has 0 spiro atoms. The minimum atomic E-state index is 0.651. The van der Waals surface area contributed by atoms with E-state index in [0.29, 0.717) is 6.54 Å². The largest absolute Gasteiger partial charge is 0.278 e. The monoisotopic (exact) mass is 324 g/mol. The van der Waals surface area contributed by atoms with E-state index in [9.17, 15) is 0 Å². The van der Waals surface area contributed by atoms with Gasteiger partial charge in [-0.1, -0.05) is 77.9 Å². The standard InChI is InChI=1S/C23H20N2/c1-16-7-11-18(12-8-16)22-23(19-13-9-17(2)10-14-19)25-21-6-4-3-5-20(21)15-24-22/h3-14H,15H2,1-2H3. The van der Waals surface area contributed by atoms with Gasteiger partial charge in [0.1, 0.15) is 0 Å². The highest BCUT2D eigenvalue weighted by molar-refractivity contribution is 6.54. The average Bonchev–Trinajstić information content (AvgIpc) is 2.83. The zero-order valence-corrected chi connectivity index (χ0v) is 14.5. The predicted molar refractivity (Wildman–Crippen MR) is 105 cm³/mol. The number of nitrogens with zero attached hydrogens (tertiary/aromatic N) is 2. The fourth-order valence-electron chi connectivity index (χ4n) is 3.02. The Bertz CT molecular complexity index is 962. The number of benzene rings is 3. The summed E-state index contributed by atoms with van der Waals surface area (Å²) in [4.78, 5) is 9.94. The third-order valence-corrected chi connectivity index (χ3v) is 4.51. The fourth-order valence-corrected chi connectivity index (χ4v) is 3.02. The van der Waals surface area contributed by atoms with Crippen LogP contribution in [0.2, 0.25) is 0 Å². The van der Waals surface area contributed by atoms with Crippen molar-refractivity contribution in [2.24, 2.45) is 9.98 Å². The Balaban J connectivity index is 1.90. The van der Waals surface area contributed by atoms with Crippen LogP contribution in [0.25, 0.3) is 0 Å². The van der Waals surface area contributed by atoms with Crippen LogP contribution in [0, 0.1) is 13.8 Å². The lowest BCUT2D eigenvalue weighted by Gasteiger charge is -2.10. The molecule has 0 saturated carbocycles. The number of rotatable bonds is 2. The number of fused-ring (bicyclic) bond motifs is 1. The van der Waals surface area contributed by atoms with Crippen molar-refractivity contribution >= 4 is 17.1 Å². The number of hydrogen-bond acceptors (Lipinski definition) is 2. The van der Waals surface area contributed by atoms with Crippen LogP contribution in [0.1, 0.15) is 27.8 Å². The first-order valence-corrected chi connectivity index (χ1v) is 8.56. The van der Waals surface area contributed by atoms with Crippen molar-refractivity contribution < 1.29 is 0 Å². The van der Waals surface area contributed by atoms with Crippen molar-refractivity contribution in [1.82, 2.24) is 0 Å². The van der Waals surface area contributed by atoms with Gasteiger partial charge in [0.15, 0.2) is 0 Å². The molecule has 1 aliphatic rings. The van der Waals surface area contributed by atoms with E-state index >= 15 is 0 Å². The van der Waals surface area contributed by atoms with Crippen LogP contribution in [0.4, 0.5) is 5.69 Å². The van der Waals surface area contributed by atoms with E-state index in [1.165, 1.54) is 11.1 Å². The van der Waals surface area contributed by atoms with E-state index in [4.69, 9.17) is 9.98 Å². The van der Waals surface area contributed by atoms with Gasteiger partial charge in [-0.25, -0.2) is 4.99 Å². The average molecular weight is 324 g/mol. The van der Waals surface area contributed by atoms with Gasteiger partial charge in [-0.2, -0.15) is 0 Å². The molecule has 3 aromatic carbocycles. The molecule has 0 atom stereocenters. The molecule has 0 aliphatic carbocycles. The molecule has 0 unspecified atom stereocenters. The van der Waals surface area contributed by atoms with E-state index in [2.05, 4.69) is 74.5 Å². The summed E-state index contributed by atoms with van der Waals surface area (Å²) < 4.78 is 0. The highest BCUT2D eigenvalue weighted by atomic mass is 14.9. The lowest BCUT2D eigenvalue weighted by Crippen LogP contribution is -2.17.